The van der Waals surface area contributed by atoms with Crippen molar-refractivity contribution in [3.05, 3.63) is 65.2 Å². The number of hydrogen-bond donors (Lipinski definition) is 2. The molecule has 2 rings (SSSR count). The second-order valence-electron chi connectivity index (χ2n) is 6.93. The predicted molar refractivity (Wildman–Crippen MR) is 111 cm³/mol. The third-order valence-electron chi connectivity index (χ3n) is 4.25. The number of rotatable bonds is 8. The summed E-state index contributed by atoms with van der Waals surface area (Å²) < 4.78 is 24.8. The maximum absolute atomic E-state index is 12.4. The first-order valence-electron chi connectivity index (χ1n) is 9.15. The van der Waals surface area contributed by atoms with Crippen LogP contribution in [-0.4, -0.2) is 32.0 Å². The lowest BCUT2D eigenvalue weighted by Gasteiger charge is -2.12. The quantitative estimate of drug-likeness (QED) is 0.710. The van der Waals surface area contributed by atoms with Crippen LogP contribution in [0.3, 0.4) is 0 Å². The van der Waals surface area contributed by atoms with E-state index in [-0.39, 0.29) is 17.7 Å². The maximum atomic E-state index is 12.4. The van der Waals surface area contributed by atoms with E-state index in [0.29, 0.717) is 16.8 Å². The molecule has 28 heavy (non-hydrogen) atoms. The number of carbonyl (C=O) groups excluding carboxylic acids is 2. The molecule has 7 heteroatoms. The molecule has 0 aromatic heterocycles. The van der Waals surface area contributed by atoms with Gasteiger partial charge in [-0.25, -0.2) is 8.42 Å². The Balaban J connectivity index is 2.01. The monoisotopic (exact) mass is 402 g/mol. The number of hydrogen-bond acceptors (Lipinski definition) is 4. The number of anilines is 1. The van der Waals surface area contributed by atoms with E-state index < -0.39 is 21.5 Å². The van der Waals surface area contributed by atoms with Crippen molar-refractivity contribution in [2.75, 3.05) is 11.1 Å². The summed E-state index contributed by atoms with van der Waals surface area (Å²) >= 11 is 0. The van der Waals surface area contributed by atoms with Gasteiger partial charge in [0.25, 0.3) is 5.91 Å². The third kappa shape index (κ3) is 6.81. The second kappa shape index (κ2) is 9.50. The van der Waals surface area contributed by atoms with Crippen LogP contribution in [0, 0.1) is 6.92 Å². The summed E-state index contributed by atoms with van der Waals surface area (Å²) in [5, 5.41) is 5.43. The Morgan fingerprint density at radius 1 is 1.07 bits per heavy atom. The molecule has 0 bridgehead atoms. The Labute approximate surface area is 166 Å². The van der Waals surface area contributed by atoms with Crippen molar-refractivity contribution in [1.82, 2.24) is 5.32 Å². The SMILES string of the molecule is CCC(C)NC(=O)c1cccc(CS(=O)(=O)CC(=O)Nc2ccc(C)cc2)c1. The molecule has 2 N–H and O–H groups in total. The highest BCUT2D eigenvalue weighted by molar-refractivity contribution is 7.91. The van der Waals surface area contributed by atoms with Crippen molar-refractivity contribution in [2.24, 2.45) is 0 Å². The second-order valence-corrected chi connectivity index (χ2v) is 8.99. The molecule has 0 aliphatic carbocycles. The van der Waals surface area contributed by atoms with Gasteiger partial charge >= 0.3 is 0 Å². The largest absolute Gasteiger partial charge is 0.350 e. The molecular weight excluding hydrogens is 376 g/mol. The Bertz CT molecular complexity index is 937. The molecule has 2 amide bonds. The van der Waals surface area contributed by atoms with Crippen LogP contribution in [0.2, 0.25) is 0 Å². The lowest BCUT2D eigenvalue weighted by atomic mass is 10.1. The fraction of sp³-hybridized carbons (Fsp3) is 0.333. The van der Waals surface area contributed by atoms with Crippen LogP contribution < -0.4 is 10.6 Å². The van der Waals surface area contributed by atoms with Gasteiger partial charge in [0.1, 0.15) is 5.75 Å². The standard InChI is InChI=1S/C21H26N2O4S/c1-4-16(3)22-21(25)18-7-5-6-17(12-18)13-28(26,27)14-20(24)23-19-10-8-15(2)9-11-19/h5-12,16H,4,13-14H2,1-3H3,(H,22,25)(H,23,24). The summed E-state index contributed by atoms with van der Waals surface area (Å²) in [6, 6.07) is 13.6. The van der Waals surface area contributed by atoms with Gasteiger partial charge in [-0.1, -0.05) is 36.8 Å². The summed E-state index contributed by atoms with van der Waals surface area (Å²) in [6.45, 7) is 5.79. The molecule has 1 unspecified atom stereocenters. The molecule has 0 fully saturated rings. The Morgan fingerprint density at radius 3 is 2.39 bits per heavy atom. The van der Waals surface area contributed by atoms with Crippen molar-refractivity contribution in [3.8, 4) is 0 Å². The zero-order valence-electron chi connectivity index (χ0n) is 16.4. The number of benzene rings is 2. The Kier molecular flexibility index (Phi) is 7.34. The van der Waals surface area contributed by atoms with Crippen molar-refractivity contribution in [2.45, 2.75) is 39.0 Å². The van der Waals surface area contributed by atoms with Gasteiger partial charge in [0.05, 0.1) is 5.75 Å². The summed E-state index contributed by atoms with van der Waals surface area (Å²) in [5.41, 5.74) is 2.47. The minimum absolute atomic E-state index is 0.0327. The van der Waals surface area contributed by atoms with Crippen LogP contribution >= 0.6 is 0 Å². The van der Waals surface area contributed by atoms with Gasteiger partial charge in [-0.3, -0.25) is 9.59 Å². The molecule has 0 saturated heterocycles. The molecule has 0 radical (unpaired) electrons. The summed E-state index contributed by atoms with van der Waals surface area (Å²) in [7, 11) is -3.68. The van der Waals surface area contributed by atoms with E-state index in [0.717, 1.165) is 12.0 Å². The van der Waals surface area contributed by atoms with Crippen molar-refractivity contribution < 1.29 is 18.0 Å². The van der Waals surface area contributed by atoms with Crippen molar-refractivity contribution >= 4 is 27.3 Å². The highest BCUT2D eigenvalue weighted by atomic mass is 32.2. The maximum Gasteiger partial charge on any atom is 0.251 e. The van der Waals surface area contributed by atoms with Crippen LogP contribution in [0.25, 0.3) is 0 Å². The molecule has 0 aliphatic heterocycles. The number of aryl methyl sites for hydroxylation is 1. The van der Waals surface area contributed by atoms with Gasteiger partial charge in [-0.15, -0.1) is 0 Å². The van der Waals surface area contributed by atoms with Gasteiger partial charge in [-0.05, 0) is 50.1 Å². The van der Waals surface area contributed by atoms with E-state index in [1.807, 2.05) is 32.9 Å². The van der Waals surface area contributed by atoms with Gasteiger partial charge in [0.15, 0.2) is 9.84 Å². The summed E-state index contributed by atoms with van der Waals surface area (Å²) in [5.74, 6) is -1.76. The first-order chi connectivity index (χ1) is 13.2. The average Bonchev–Trinajstić information content (AvgIpc) is 2.62. The number of carbonyl (C=O) groups is 2. The predicted octanol–water partition coefficient (Wildman–Crippen LogP) is 3.08. The van der Waals surface area contributed by atoms with Crippen LogP contribution in [-0.2, 0) is 20.4 Å². The lowest BCUT2D eigenvalue weighted by Crippen LogP contribution is -2.32. The molecule has 0 saturated carbocycles. The van der Waals surface area contributed by atoms with E-state index in [1.165, 1.54) is 0 Å². The highest BCUT2D eigenvalue weighted by Gasteiger charge is 2.18. The van der Waals surface area contributed by atoms with Crippen LogP contribution in [0.15, 0.2) is 48.5 Å². The highest BCUT2D eigenvalue weighted by Crippen LogP contribution is 2.12. The van der Waals surface area contributed by atoms with Gasteiger partial charge in [-0.2, -0.15) is 0 Å². The molecule has 0 heterocycles. The molecule has 150 valence electrons. The Morgan fingerprint density at radius 2 is 1.75 bits per heavy atom. The molecular formula is C21H26N2O4S. The molecule has 6 nitrogen and oxygen atoms in total. The lowest BCUT2D eigenvalue weighted by molar-refractivity contribution is -0.113. The number of amides is 2. The van der Waals surface area contributed by atoms with E-state index >= 15 is 0 Å². The number of sulfone groups is 1. The van der Waals surface area contributed by atoms with Gasteiger partial charge in [0, 0.05) is 17.3 Å². The summed E-state index contributed by atoms with van der Waals surface area (Å²) in [4.78, 5) is 24.3. The van der Waals surface area contributed by atoms with Gasteiger partial charge < -0.3 is 10.6 Å². The third-order valence-corrected chi connectivity index (χ3v) is 5.73. The summed E-state index contributed by atoms with van der Waals surface area (Å²) in [6.07, 6.45) is 0.801. The van der Waals surface area contributed by atoms with E-state index in [4.69, 9.17) is 0 Å². The van der Waals surface area contributed by atoms with Gasteiger partial charge in [0.2, 0.25) is 5.91 Å². The van der Waals surface area contributed by atoms with E-state index in [1.54, 1.807) is 36.4 Å². The zero-order chi connectivity index (χ0) is 20.7. The van der Waals surface area contributed by atoms with Crippen molar-refractivity contribution in [3.63, 3.8) is 0 Å². The molecule has 0 spiro atoms. The smallest absolute Gasteiger partial charge is 0.251 e. The fourth-order valence-electron chi connectivity index (χ4n) is 2.55. The molecule has 0 aliphatic rings. The first-order valence-corrected chi connectivity index (χ1v) is 11.0. The van der Waals surface area contributed by atoms with Crippen molar-refractivity contribution in [1.29, 1.82) is 0 Å². The molecule has 1 atom stereocenters. The average molecular weight is 403 g/mol. The van der Waals surface area contributed by atoms with Crippen LogP contribution in [0.4, 0.5) is 5.69 Å². The normalized spacial score (nSPS) is 12.2. The van der Waals surface area contributed by atoms with Crippen LogP contribution in [0.5, 0.6) is 0 Å². The molecule has 2 aromatic rings. The van der Waals surface area contributed by atoms with E-state index in [9.17, 15) is 18.0 Å². The minimum Gasteiger partial charge on any atom is -0.350 e. The molecule has 2 aromatic carbocycles. The van der Waals surface area contributed by atoms with Crippen LogP contribution in [0.1, 0.15) is 41.8 Å². The minimum atomic E-state index is -3.68. The Hall–Kier alpha value is -2.67. The fourth-order valence-corrected chi connectivity index (χ4v) is 3.81. The van der Waals surface area contributed by atoms with E-state index in [2.05, 4.69) is 10.6 Å². The zero-order valence-corrected chi connectivity index (χ0v) is 17.2. The first kappa shape index (κ1) is 21.6. The number of nitrogens with one attached hydrogen (secondary N) is 2. The topological polar surface area (TPSA) is 92.3 Å².